The van der Waals surface area contributed by atoms with Crippen LogP contribution in [0.4, 0.5) is 17.1 Å². The van der Waals surface area contributed by atoms with Gasteiger partial charge in [-0.25, -0.2) is 0 Å². The lowest BCUT2D eigenvalue weighted by Crippen LogP contribution is -2.27. The minimum Gasteiger partial charge on any atom is -0.512 e. The molecule has 0 aromatic heterocycles. The molecule has 38 heavy (non-hydrogen) atoms. The first kappa shape index (κ1) is 25.4. The molecule has 0 saturated carbocycles. The van der Waals surface area contributed by atoms with Gasteiger partial charge in [0.05, 0.1) is 5.76 Å². The van der Waals surface area contributed by atoms with Crippen LogP contribution in [0.15, 0.2) is 114 Å². The Morgan fingerprint density at radius 2 is 1.16 bits per heavy atom. The first-order valence-electron chi connectivity index (χ1n) is 13.2. The molecule has 0 aliphatic heterocycles. The number of phenolic OH excluding ortho intramolecular Hbond substituents is 1. The van der Waals surface area contributed by atoms with Crippen molar-refractivity contribution >= 4 is 17.1 Å². The molecule has 5 rings (SSSR count). The Bertz CT molecular complexity index is 1500. The van der Waals surface area contributed by atoms with Crippen molar-refractivity contribution in [2.45, 2.75) is 46.0 Å². The standard InChI is InChI=1S/C35H35NO2/c1-24-5-14-30(15-6-24)36(32-16-7-25(2)26(3)23-32)31-17-8-27(9-18-31)35(4,28-10-19-33(37)20-11-28)29-12-21-34(38)22-13-29/h5-12,14-21,23,37-38H,13,22H2,1-4H3. The monoisotopic (exact) mass is 501 g/mol. The molecule has 0 saturated heterocycles. The molecule has 192 valence electrons. The maximum atomic E-state index is 10.0. The number of hydrogen-bond donors (Lipinski definition) is 2. The first-order valence-corrected chi connectivity index (χ1v) is 13.2. The van der Waals surface area contributed by atoms with E-state index in [0.29, 0.717) is 12.2 Å². The Morgan fingerprint density at radius 1 is 0.605 bits per heavy atom. The van der Waals surface area contributed by atoms with Crippen molar-refractivity contribution in [1.82, 2.24) is 0 Å². The van der Waals surface area contributed by atoms with Gasteiger partial charge in [0.25, 0.3) is 0 Å². The number of allylic oxidation sites excluding steroid dienone is 4. The van der Waals surface area contributed by atoms with Gasteiger partial charge in [0.1, 0.15) is 5.75 Å². The summed E-state index contributed by atoms with van der Waals surface area (Å²) in [6, 6.07) is 31.6. The van der Waals surface area contributed by atoms with Gasteiger partial charge in [-0.15, -0.1) is 0 Å². The van der Waals surface area contributed by atoms with Crippen molar-refractivity contribution in [2.75, 3.05) is 4.90 Å². The Labute approximate surface area is 226 Å². The van der Waals surface area contributed by atoms with Crippen LogP contribution < -0.4 is 4.90 Å². The highest BCUT2D eigenvalue weighted by Crippen LogP contribution is 2.44. The predicted octanol–water partition coefficient (Wildman–Crippen LogP) is 9.26. The fourth-order valence-corrected chi connectivity index (χ4v) is 5.32. The van der Waals surface area contributed by atoms with E-state index in [1.807, 2.05) is 24.3 Å². The zero-order chi connectivity index (χ0) is 26.9. The predicted molar refractivity (Wildman–Crippen MR) is 158 cm³/mol. The number of anilines is 3. The van der Waals surface area contributed by atoms with E-state index in [1.54, 1.807) is 12.1 Å². The Kier molecular flexibility index (Phi) is 6.86. The molecule has 1 aliphatic carbocycles. The highest BCUT2D eigenvalue weighted by molar-refractivity contribution is 5.77. The number of aliphatic hydroxyl groups excluding tert-OH is 1. The van der Waals surface area contributed by atoms with Crippen LogP contribution in [-0.4, -0.2) is 10.2 Å². The van der Waals surface area contributed by atoms with E-state index < -0.39 is 5.41 Å². The zero-order valence-corrected chi connectivity index (χ0v) is 22.6. The fraction of sp³-hybridized carbons (Fsp3) is 0.200. The Balaban J connectivity index is 1.62. The summed E-state index contributed by atoms with van der Waals surface area (Å²) in [6.45, 7) is 8.64. The average Bonchev–Trinajstić information content (AvgIpc) is 2.92. The lowest BCUT2D eigenvalue weighted by molar-refractivity contribution is 0.382. The molecule has 0 fully saturated rings. The smallest absolute Gasteiger partial charge is 0.115 e. The van der Waals surface area contributed by atoms with Crippen LogP contribution in [0, 0.1) is 20.8 Å². The summed E-state index contributed by atoms with van der Waals surface area (Å²) < 4.78 is 0. The van der Waals surface area contributed by atoms with E-state index in [-0.39, 0.29) is 5.75 Å². The number of aliphatic hydroxyl groups is 1. The number of hydrogen-bond acceptors (Lipinski definition) is 3. The molecule has 1 unspecified atom stereocenters. The third-order valence-electron chi connectivity index (χ3n) is 7.96. The third-order valence-corrected chi connectivity index (χ3v) is 7.96. The van der Waals surface area contributed by atoms with Crippen molar-refractivity contribution < 1.29 is 10.2 Å². The van der Waals surface area contributed by atoms with Crippen LogP contribution in [0.2, 0.25) is 0 Å². The number of rotatable bonds is 6. The number of aryl methyl sites for hydroxylation is 3. The van der Waals surface area contributed by atoms with Gasteiger partial charge in [-0.2, -0.15) is 0 Å². The summed E-state index contributed by atoms with van der Waals surface area (Å²) in [6.07, 6.45) is 5.27. The number of nitrogens with zero attached hydrogens (tertiary/aromatic N) is 1. The quantitative estimate of drug-likeness (QED) is 0.277. The van der Waals surface area contributed by atoms with E-state index in [1.165, 1.54) is 22.3 Å². The van der Waals surface area contributed by atoms with E-state index >= 15 is 0 Å². The molecule has 0 amide bonds. The molecule has 0 bridgehead atoms. The summed E-state index contributed by atoms with van der Waals surface area (Å²) in [4.78, 5) is 2.30. The van der Waals surface area contributed by atoms with Crippen LogP contribution in [0.1, 0.15) is 47.6 Å². The SMILES string of the molecule is Cc1ccc(N(c2ccc(C(C)(C3=CC=C(O)CC3)c3ccc(O)cc3)cc2)c2ccc(C)c(C)c2)cc1. The average molecular weight is 502 g/mol. The van der Waals surface area contributed by atoms with Crippen molar-refractivity contribution in [3.63, 3.8) is 0 Å². The van der Waals surface area contributed by atoms with Gasteiger partial charge in [0, 0.05) is 28.9 Å². The molecule has 0 radical (unpaired) electrons. The lowest BCUT2D eigenvalue weighted by atomic mass is 9.68. The second kappa shape index (κ2) is 10.3. The minimum atomic E-state index is -0.404. The molecule has 2 N–H and O–H groups in total. The maximum absolute atomic E-state index is 10.0. The Hall–Kier alpha value is -4.24. The van der Waals surface area contributed by atoms with Crippen LogP contribution >= 0.6 is 0 Å². The van der Waals surface area contributed by atoms with Gasteiger partial charge in [0.15, 0.2) is 0 Å². The minimum absolute atomic E-state index is 0.253. The van der Waals surface area contributed by atoms with Crippen LogP contribution in [0.25, 0.3) is 0 Å². The third kappa shape index (κ3) is 4.84. The molecule has 4 aromatic carbocycles. The summed E-state index contributed by atoms with van der Waals surface area (Å²) in [5.41, 5.74) is 10.2. The van der Waals surface area contributed by atoms with Crippen LogP contribution in [-0.2, 0) is 5.41 Å². The summed E-state index contributed by atoms with van der Waals surface area (Å²) in [7, 11) is 0. The first-order chi connectivity index (χ1) is 18.3. The summed E-state index contributed by atoms with van der Waals surface area (Å²) >= 11 is 0. The molecular weight excluding hydrogens is 466 g/mol. The van der Waals surface area contributed by atoms with Crippen molar-refractivity contribution in [3.8, 4) is 5.75 Å². The van der Waals surface area contributed by atoms with E-state index in [9.17, 15) is 10.2 Å². The second-order valence-corrected chi connectivity index (χ2v) is 10.5. The highest BCUT2D eigenvalue weighted by atomic mass is 16.3. The van der Waals surface area contributed by atoms with Crippen LogP contribution in [0.3, 0.4) is 0 Å². The normalized spacial score (nSPS) is 14.8. The molecule has 3 heteroatoms. The number of aromatic hydroxyl groups is 1. The molecular formula is C35H35NO2. The fourth-order valence-electron chi connectivity index (χ4n) is 5.32. The van der Waals surface area contributed by atoms with Crippen molar-refractivity contribution in [3.05, 3.63) is 142 Å². The van der Waals surface area contributed by atoms with E-state index in [4.69, 9.17) is 0 Å². The molecule has 3 nitrogen and oxygen atoms in total. The van der Waals surface area contributed by atoms with E-state index in [0.717, 1.165) is 34.6 Å². The molecule has 0 spiro atoms. The van der Waals surface area contributed by atoms with Gasteiger partial charge in [0.2, 0.25) is 0 Å². The van der Waals surface area contributed by atoms with Crippen molar-refractivity contribution in [1.29, 1.82) is 0 Å². The second-order valence-electron chi connectivity index (χ2n) is 10.5. The largest absolute Gasteiger partial charge is 0.512 e. The summed E-state index contributed by atoms with van der Waals surface area (Å²) in [5.74, 6) is 0.669. The number of phenols is 1. The zero-order valence-electron chi connectivity index (χ0n) is 22.6. The van der Waals surface area contributed by atoms with Gasteiger partial charge in [-0.3, -0.25) is 0 Å². The lowest BCUT2D eigenvalue weighted by Gasteiger charge is -2.36. The van der Waals surface area contributed by atoms with Gasteiger partial charge < -0.3 is 15.1 Å². The summed E-state index contributed by atoms with van der Waals surface area (Å²) in [5, 5.41) is 20.0. The molecule has 0 heterocycles. The highest BCUT2D eigenvalue weighted by Gasteiger charge is 2.34. The Morgan fingerprint density at radius 3 is 1.71 bits per heavy atom. The van der Waals surface area contributed by atoms with E-state index in [2.05, 4.69) is 99.3 Å². The molecule has 4 aromatic rings. The topological polar surface area (TPSA) is 43.7 Å². The van der Waals surface area contributed by atoms with Gasteiger partial charge >= 0.3 is 0 Å². The molecule has 1 atom stereocenters. The van der Waals surface area contributed by atoms with Gasteiger partial charge in [-0.1, -0.05) is 59.7 Å². The molecule has 1 aliphatic rings. The number of benzene rings is 4. The maximum Gasteiger partial charge on any atom is 0.115 e. The van der Waals surface area contributed by atoms with Crippen LogP contribution in [0.5, 0.6) is 5.75 Å². The van der Waals surface area contributed by atoms with Crippen molar-refractivity contribution in [2.24, 2.45) is 0 Å². The van der Waals surface area contributed by atoms with Gasteiger partial charge in [-0.05, 0) is 111 Å².